The summed E-state index contributed by atoms with van der Waals surface area (Å²) in [4.78, 5) is 34.0. The van der Waals surface area contributed by atoms with Crippen molar-refractivity contribution < 1.29 is 14.0 Å². The van der Waals surface area contributed by atoms with Gasteiger partial charge in [0.25, 0.3) is 11.8 Å². The van der Waals surface area contributed by atoms with Gasteiger partial charge >= 0.3 is 0 Å². The van der Waals surface area contributed by atoms with Gasteiger partial charge in [-0.3, -0.25) is 9.59 Å². The maximum Gasteiger partial charge on any atom is 0.293 e. The third-order valence-electron chi connectivity index (χ3n) is 6.22. The SMILES string of the molecule is Cc1ccc2oc(C(=O)N3CCN(C(=O)c4ncn(-c5cccc(Cl)c5)n4)CC3C)c(C)c2c1. The summed E-state index contributed by atoms with van der Waals surface area (Å²) in [7, 11) is 0. The van der Waals surface area contributed by atoms with Crippen molar-refractivity contribution in [3.05, 3.63) is 76.5 Å². The number of piperazine rings is 1. The zero-order valence-electron chi connectivity index (χ0n) is 19.2. The van der Waals surface area contributed by atoms with Crippen LogP contribution < -0.4 is 0 Å². The molecular formula is C25H24ClN5O3. The van der Waals surface area contributed by atoms with Crippen molar-refractivity contribution >= 4 is 34.4 Å². The molecule has 0 aliphatic carbocycles. The van der Waals surface area contributed by atoms with Gasteiger partial charge in [-0.2, -0.15) is 0 Å². The van der Waals surface area contributed by atoms with E-state index in [4.69, 9.17) is 16.0 Å². The quantitative estimate of drug-likeness (QED) is 0.440. The predicted molar refractivity (Wildman–Crippen MR) is 128 cm³/mol. The van der Waals surface area contributed by atoms with Gasteiger partial charge in [-0.05, 0) is 51.1 Å². The van der Waals surface area contributed by atoms with Gasteiger partial charge in [0.2, 0.25) is 5.82 Å². The number of hydrogen-bond donors (Lipinski definition) is 0. The van der Waals surface area contributed by atoms with E-state index in [0.29, 0.717) is 36.0 Å². The van der Waals surface area contributed by atoms with E-state index >= 15 is 0 Å². The summed E-state index contributed by atoms with van der Waals surface area (Å²) in [5, 5.41) is 5.85. The topological polar surface area (TPSA) is 84.5 Å². The zero-order chi connectivity index (χ0) is 24.0. The molecule has 1 fully saturated rings. The summed E-state index contributed by atoms with van der Waals surface area (Å²) in [6.45, 7) is 7.02. The lowest BCUT2D eigenvalue weighted by atomic mass is 10.1. The molecule has 1 aliphatic rings. The largest absolute Gasteiger partial charge is 0.451 e. The molecule has 4 aromatic rings. The molecule has 0 bridgehead atoms. The van der Waals surface area contributed by atoms with Gasteiger partial charge < -0.3 is 14.2 Å². The summed E-state index contributed by atoms with van der Waals surface area (Å²) in [5.41, 5.74) is 3.38. The number of halogens is 1. The Labute approximate surface area is 201 Å². The molecule has 0 saturated carbocycles. The second-order valence-electron chi connectivity index (χ2n) is 8.65. The summed E-state index contributed by atoms with van der Waals surface area (Å²) in [6, 6.07) is 12.9. The number of furan rings is 1. The molecule has 8 nitrogen and oxygen atoms in total. The highest BCUT2D eigenvalue weighted by atomic mass is 35.5. The van der Waals surface area contributed by atoms with Crippen molar-refractivity contribution in [1.82, 2.24) is 24.6 Å². The Morgan fingerprint density at radius 2 is 1.91 bits per heavy atom. The number of benzene rings is 2. The second kappa shape index (κ2) is 8.61. The third kappa shape index (κ3) is 3.94. The molecule has 1 aliphatic heterocycles. The van der Waals surface area contributed by atoms with E-state index in [2.05, 4.69) is 10.1 Å². The lowest BCUT2D eigenvalue weighted by Gasteiger charge is -2.39. The highest BCUT2D eigenvalue weighted by Gasteiger charge is 2.34. The van der Waals surface area contributed by atoms with E-state index in [0.717, 1.165) is 22.2 Å². The molecule has 5 rings (SSSR count). The van der Waals surface area contributed by atoms with Crippen LogP contribution in [0.3, 0.4) is 0 Å². The standard InChI is InChI=1S/C25H24ClN5O3/c1-15-7-8-21-20(11-15)17(3)22(34-21)24(32)30-10-9-29(13-16(30)2)25(33)23-27-14-31(28-23)19-6-4-5-18(26)12-19/h4-8,11-12,14,16H,9-10,13H2,1-3H3. The van der Waals surface area contributed by atoms with Gasteiger partial charge in [-0.15, -0.1) is 5.10 Å². The molecule has 1 unspecified atom stereocenters. The molecule has 34 heavy (non-hydrogen) atoms. The van der Waals surface area contributed by atoms with Gasteiger partial charge in [0.05, 0.1) is 5.69 Å². The van der Waals surface area contributed by atoms with E-state index in [9.17, 15) is 9.59 Å². The lowest BCUT2D eigenvalue weighted by Crippen LogP contribution is -2.55. The van der Waals surface area contributed by atoms with Crippen LogP contribution in [0.4, 0.5) is 0 Å². The van der Waals surface area contributed by atoms with E-state index in [1.165, 1.54) is 11.0 Å². The molecule has 0 radical (unpaired) electrons. The Balaban J connectivity index is 1.30. The van der Waals surface area contributed by atoms with Crippen molar-refractivity contribution in [3.63, 3.8) is 0 Å². The first kappa shape index (κ1) is 22.2. The maximum atomic E-state index is 13.3. The van der Waals surface area contributed by atoms with Gasteiger partial charge in [0.1, 0.15) is 11.9 Å². The Morgan fingerprint density at radius 3 is 2.68 bits per heavy atom. The number of rotatable bonds is 3. The monoisotopic (exact) mass is 477 g/mol. The minimum absolute atomic E-state index is 0.107. The zero-order valence-corrected chi connectivity index (χ0v) is 19.9. The fourth-order valence-electron chi connectivity index (χ4n) is 4.36. The van der Waals surface area contributed by atoms with Crippen LogP contribution in [0.2, 0.25) is 5.02 Å². The molecule has 3 heterocycles. The van der Waals surface area contributed by atoms with E-state index in [1.807, 2.05) is 51.1 Å². The minimum atomic E-state index is -0.268. The molecule has 174 valence electrons. The van der Waals surface area contributed by atoms with Gasteiger partial charge in [0.15, 0.2) is 5.76 Å². The molecule has 0 N–H and O–H groups in total. The molecule has 1 saturated heterocycles. The van der Waals surface area contributed by atoms with E-state index in [1.54, 1.807) is 21.9 Å². The maximum absolute atomic E-state index is 13.3. The minimum Gasteiger partial charge on any atom is -0.451 e. The van der Waals surface area contributed by atoms with Crippen molar-refractivity contribution in [2.24, 2.45) is 0 Å². The molecule has 0 spiro atoms. The van der Waals surface area contributed by atoms with Crippen LogP contribution in [0, 0.1) is 13.8 Å². The van der Waals surface area contributed by atoms with Crippen molar-refractivity contribution in [2.45, 2.75) is 26.8 Å². The number of aromatic nitrogens is 3. The number of hydrogen-bond acceptors (Lipinski definition) is 5. The second-order valence-corrected chi connectivity index (χ2v) is 9.08. The normalized spacial score (nSPS) is 16.3. The average molecular weight is 478 g/mol. The molecule has 2 aromatic heterocycles. The highest BCUT2D eigenvalue weighted by Crippen LogP contribution is 2.28. The van der Waals surface area contributed by atoms with Crippen LogP contribution in [-0.4, -0.2) is 62.1 Å². The first-order valence-electron chi connectivity index (χ1n) is 11.1. The molecule has 9 heteroatoms. The van der Waals surface area contributed by atoms with Crippen LogP contribution in [0.15, 0.2) is 53.2 Å². The van der Waals surface area contributed by atoms with Gasteiger partial charge in [-0.1, -0.05) is 29.3 Å². The van der Waals surface area contributed by atoms with Crippen LogP contribution in [0.1, 0.15) is 39.2 Å². The van der Waals surface area contributed by atoms with Crippen molar-refractivity contribution in [3.8, 4) is 5.69 Å². The summed E-state index contributed by atoms with van der Waals surface area (Å²) < 4.78 is 7.43. The Bertz CT molecular complexity index is 1410. The average Bonchev–Trinajstić information content (AvgIpc) is 3.44. The first-order valence-corrected chi connectivity index (χ1v) is 11.5. The van der Waals surface area contributed by atoms with E-state index < -0.39 is 0 Å². The number of fused-ring (bicyclic) bond motifs is 1. The summed E-state index contributed by atoms with van der Waals surface area (Å²) in [6.07, 6.45) is 1.49. The fraction of sp³-hybridized carbons (Fsp3) is 0.280. The Kier molecular flexibility index (Phi) is 5.61. The van der Waals surface area contributed by atoms with Crippen LogP contribution in [-0.2, 0) is 0 Å². The van der Waals surface area contributed by atoms with E-state index in [-0.39, 0.29) is 23.7 Å². The number of carbonyl (C=O) groups excluding carboxylic acids is 2. The summed E-state index contributed by atoms with van der Waals surface area (Å²) >= 11 is 6.05. The highest BCUT2D eigenvalue weighted by molar-refractivity contribution is 6.30. The van der Waals surface area contributed by atoms with Crippen LogP contribution >= 0.6 is 11.6 Å². The van der Waals surface area contributed by atoms with Crippen LogP contribution in [0.5, 0.6) is 0 Å². The van der Waals surface area contributed by atoms with Gasteiger partial charge in [0, 0.05) is 41.6 Å². The fourth-order valence-corrected chi connectivity index (χ4v) is 4.54. The smallest absolute Gasteiger partial charge is 0.293 e. The number of amides is 2. The van der Waals surface area contributed by atoms with Crippen LogP contribution in [0.25, 0.3) is 16.7 Å². The first-order chi connectivity index (χ1) is 16.3. The predicted octanol–water partition coefficient (Wildman–Crippen LogP) is 4.27. The van der Waals surface area contributed by atoms with Crippen molar-refractivity contribution in [1.29, 1.82) is 0 Å². The lowest BCUT2D eigenvalue weighted by molar-refractivity contribution is 0.0391. The molecule has 2 aromatic carbocycles. The molecule has 2 amide bonds. The Hall–Kier alpha value is -3.65. The number of nitrogens with zero attached hydrogens (tertiary/aromatic N) is 5. The Morgan fingerprint density at radius 1 is 1.09 bits per heavy atom. The molecular weight excluding hydrogens is 454 g/mol. The van der Waals surface area contributed by atoms with Gasteiger partial charge in [-0.25, -0.2) is 9.67 Å². The molecule has 1 atom stereocenters. The summed E-state index contributed by atoms with van der Waals surface area (Å²) in [5.74, 6) is 0.0361. The third-order valence-corrected chi connectivity index (χ3v) is 6.45. The number of carbonyl (C=O) groups is 2. The number of aryl methyl sites for hydroxylation is 2. The van der Waals surface area contributed by atoms with Crippen molar-refractivity contribution in [2.75, 3.05) is 19.6 Å².